The number of hydrogen-bond acceptors (Lipinski definition) is 2. The van der Waals surface area contributed by atoms with Crippen LogP contribution in [0.4, 0.5) is 4.79 Å². The number of β-amino-alcohol motifs (C(OH)–C–C–N with tert-alkyl or cyclic N) is 1. The molecule has 3 aliphatic rings. The van der Waals surface area contributed by atoms with Crippen LogP contribution in [0, 0.1) is 5.92 Å². The minimum Gasteiger partial charge on any atom is -0.386 e. The van der Waals surface area contributed by atoms with Gasteiger partial charge in [0.15, 0.2) is 0 Å². The lowest BCUT2D eigenvalue weighted by atomic mass is 9.89. The summed E-state index contributed by atoms with van der Waals surface area (Å²) in [5.74, 6) is 0.463. The third-order valence-corrected chi connectivity index (χ3v) is 3.99. The molecule has 0 aromatic carbocycles. The van der Waals surface area contributed by atoms with Crippen molar-refractivity contribution in [1.29, 1.82) is 0 Å². The summed E-state index contributed by atoms with van der Waals surface area (Å²) in [5, 5.41) is 13.0. The lowest BCUT2D eigenvalue weighted by molar-refractivity contribution is -0.0923. The van der Waals surface area contributed by atoms with Gasteiger partial charge in [-0.3, -0.25) is 0 Å². The molecular formula is C11H18N2O2. The molecule has 1 heterocycles. The normalized spacial score (nSPS) is 29.3. The minimum atomic E-state index is -0.545. The Balaban J connectivity index is 1.46. The number of aliphatic hydroxyl groups is 1. The van der Waals surface area contributed by atoms with Crippen molar-refractivity contribution in [2.45, 2.75) is 43.7 Å². The Hall–Kier alpha value is -0.770. The molecule has 0 spiro atoms. The van der Waals surface area contributed by atoms with Crippen molar-refractivity contribution in [2.75, 3.05) is 13.1 Å². The van der Waals surface area contributed by atoms with E-state index in [2.05, 4.69) is 5.32 Å². The molecule has 2 aliphatic carbocycles. The molecule has 3 rings (SSSR count). The van der Waals surface area contributed by atoms with E-state index in [0.29, 0.717) is 25.0 Å². The minimum absolute atomic E-state index is 0.0185. The molecule has 0 aromatic rings. The average Bonchev–Trinajstić information content (AvgIpc) is 2.88. The first-order chi connectivity index (χ1) is 7.17. The lowest BCUT2D eigenvalue weighted by Crippen LogP contribution is -2.67. The number of amides is 2. The Morgan fingerprint density at radius 1 is 1.27 bits per heavy atom. The highest BCUT2D eigenvalue weighted by atomic mass is 16.3. The zero-order chi connectivity index (χ0) is 10.5. The van der Waals surface area contributed by atoms with Crippen LogP contribution in [0.3, 0.4) is 0 Å². The van der Waals surface area contributed by atoms with Crippen molar-refractivity contribution in [3.05, 3.63) is 0 Å². The summed E-state index contributed by atoms with van der Waals surface area (Å²) in [6, 6.07) is 0.414. The topological polar surface area (TPSA) is 52.6 Å². The third-order valence-electron chi connectivity index (χ3n) is 3.99. The Morgan fingerprint density at radius 3 is 2.40 bits per heavy atom. The Labute approximate surface area is 89.6 Å². The van der Waals surface area contributed by atoms with Gasteiger partial charge in [0, 0.05) is 6.04 Å². The van der Waals surface area contributed by atoms with Crippen molar-refractivity contribution in [3.8, 4) is 0 Å². The molecule has 0 radical (unpaired) electrons. The summed E-state index contributed by atoms with van der Waals surface area (Å²) >= 11 is 0. The maximum Gasteiger partial charge on any atom is 0.317 e. The van der Waals surface area contributed by atoms with Gasteiger partial charge in [-0.2, -0.15) is 0 Å². The van der Waals surface area contributed by atoms with Crippen LogP contribution in [-0.2, 0) is 0 Å². The number of nitrogens with one attached hydrogen (secondary N) is 1. The van der Waals surface area contributed by atoms with E-state index in [9.17, 15) is 9.90 Å². The first-order valence-corrected chi connectivity index (χ1v) is 5.95. The van der Waals surface area contributed by atoms with E-state index in [1.807, 2.05) is 0 Å². The van der Waals surface area contributed by atoms with Crippen LogP contribution < -0.4 is 5.32 Å². The van der Waals surface area contributed by atoms with Gasteiger partial charge in [0.1, 0.15) is 5.60 Å². The summed E-state index contributed by atoms with van der Waals surface area (Å²) in [5.41, 5.74) is -0.545. The first-order valence-electron chi connectivity index (χ1n) is 5.95. The summed E-state index contributed by atoms with van der Waals surface area (Å²) in [7, 11) is 0. The second-order valence-electron chi connectivity index (χ2n) is 5.31. The van der Waals surface area contributed by atoms with Crippen LogP contribution in [0.25, 0.3) is 0 Å². The highest BCUT2D eigenvalue weighted by Crippen LogP contribution is 2.44. The molecule has 0 unspecified atom stereocenters. The molecule has 3 fully saturated rings. The van der Waals surface area contributed by atoms with Gasteiger partial charge in [0.05, 0.1) is 13.1 Å². The van der Waals surface area contributed by atoms with Gasteiger partial charge in [0.2, 0.25) is 0 Å². The molecule has 0 bridgehead atoms. The molecule has 2 amide bonds. The summed E-state index contributed by atoms with van der Waals surface area (Å²) in [4.78, 5) is 13.4. The van der Waals surface area contributed by atoms with Gasteiger partial charge < -0.3 is 15.3 Å². The molecule has 0 atom stereocenters. The fourth-order valence-electron chi connectivity index (χ4n) is 2.46. The molecule has 4 nitrogen and oxygen atoms in total. The Bertz CT molecular complexity index is 278. The van der Waals surface area contributed by atoms with E-state index in [1.165, 1.54) is 6.42 Å². The second kappa shape index (κ2) is 3.11. The molecule has 0 aromatic heterocycles. The van der Waals surface area contributed by atoms with Gasteiger partial charge in [0.25, 0.3) is 0 Å². The van der Waals surface area contributed by atoms with Crippen molar-refractivity contribution in [1.82, 2.24) is 10.2 Å². The van der Waals surface area contributed by atoms with Crippen molar-refractivity contribution in [3.63, 3.8) is 0 Å². The summed E-state index contributed by atoms with van der Waals surface area (Å²) in [6.45, 7) is 1.08. The lowest BCUT2D eigenvalue weighted by Gasteiger charge is -2.47. The Kier molecular flexibility index (Phi) is 1.96. The average molecular weight is 210 g/mol. The van der Waals surface area contributed by atoms with Crippen LogP contribution in [0.15, 0.2) is 0 Å². The first kappa shape index (κ1) is 9.46. The zero-order valence-electron chi connectivity index (χ0n) is 8.91. The monoisotopic (exact) mass is 210 g/mol. The van der Waals surface area contributed by atoms with Crippen molar-refractivity contribution >= 4 is 6.03 Å². The van der Waals surface area contributed by atoms with Crippen LogP contribution in [0.2, 0.25) is 0 Å². The van der Waals surface area contributed by atoms with Crippen LogP contribution in [0.1, 0.15) is 32.1 Å². The van der Waals surface area contributed by atoms with E-state index >= 15 is 0 Å². The van der Waals surface area contributed by atoms with Crippen molar-refractivity contribution in [2.24, 2.45) is 5.92 Å². The van der Waals surface area contributed by atoms with E-state index < -0.39 is 5.60 Å². The van der Waals surface area contributed by atoms with E-state index in [4.69, 9.17) is 0 Å². The molecule has 15 heavy (non-hydrogen) atoms. The largest absolute Gasteiger partial charge is 0.386 e. The zero-order valence-corrected chi connectivity index (χ0v) is 8.91. The maximum absolute atomic E-state index is 11.7. The Morgan fingerprint density at radius 2 is 1.93 bits per heavy atom. The molecule has 84 valence electrons. The van der Waals surface area contributed by atoms with E-state index in [1.54, 1.807) is 4.90 Å². The number of rotatable bonds is 2. The third kappa shape index (κ3) is 1.61. The van der Waals surface area contributed by atoms with Gasteiger partial charge >= 0.3 is 6.03 Å². The fraction of sp³-hybridized carbons (Fsp3) is 0.909. The molecular weight excluding hydrogens is 192 g/mol. The molecule has 2 saturated carbocycles. The van der Waals surface area contributed by atoms with Gasteiger partial charge in [-0.1, -0.05) is 0 Å². The SMILES string of the molecule is O=C(NC1CCC1)N1CC(O)(C2CC2)C1. The number of urea groups is 1. The predicted octanol–water partition coefficient (Wildman–Crippen LogP) is 0.705. The van der Waals surface area contributed by atoms with Gasteiger partial charge in [-0.15, -0.1) is 0 Å². The van der Waals surface area contributed by atoms with Crippen LogP contribution in [0.5, 0.6) is 0 Å². The fourth-order valence-corrected chi connectivity index (χ4v) is 2.46. The number of carbonyl (C=O) groups is 1. The van der Waals surface area contributed by atoms with Gasteiger partial charge in [-0.05, 0) is 38.0 Å². The number of nitrogens with zero attached hydrogens (tertiary/aromatic N) is 1. The van der Waals surface area contributed by atoms with E-state index in [0.717, 1.165) is 25.7 Å². The highest BCUT2D eigenvalue weighted by molar-refractivity contribution is 5.76. The smallest absolute Gasteiger partial charge is 0.317 e. The number of hydrogen-bond donors (Lipinski definition) is 2. The molecule has 4 heteroatoms. The van der Waals surface area contributed by atoms with Gasteiger partial charge in [-0.25, -0.2) is 4.79 Å². The number of likely N-dealkylation sites (tertiary alicyclic amines) is 1. The van der Waals surface area contributed by atoms with Crippen LogP contribution >= 0.6 is 0 Å². The van der Waals surface area contributed by atoms with Crippen molar-refractivity contribution < 1.29 is 9.90 Å². The summed E-state index contributed by atoms with van der Waals surface area (Å²) in [6.07, 6.45) is 5.74. The predicted molar refractivity (Wildman–Crippen MR) is 55.4 cm³/mol. The molecule has 2 N–H and O–H groups in total. The summed E-state index contributed by atoms with van der Waals surface area (Å²) < 4.78 is 0. The number of carbonyl (C=O) groups excluding carboxylic acids is 1. The maximum atomic E-state index is 11.7. The standard InChI is InChI=1S/C11H18N2O2/c14-10(12-9-2-1-3-9)13-6-11(15,7-13)8-4-5-8/h8-9,15H,1-7H2,(H,12,14). The van der Waals surface area contributed by atoms with E-state index in [-0.39, 0.29) is 6.03 Å². The highest BCUT2D eigenvalue weighted by Gasteiger charge is 2.53. The molecule has 1 saturated heterocycles. The second-order valence-corrected chi connectivity index (χ2v) is 5.31. The quantitative estimate of drug-likeness (QED) is 0.705. The van der Waals surface area contributed by atoms with Crippen LogP contribution in [-0.4, -0.2) is 40.8 Å². The molecule has 1 aliphatic heterocycles.